The third-order valence-electron chi connectivity index (χ3n) is 3.66. The van der Waals surface area contributed by atoms with Crippen LogP contribution in [0.15, 0.2) is 32.9 Å². The number of hydrogen-bond acceptors (Lipinski definition) is 8. The van der Waals surface area contributed by atoms with Gasteiger partial charge in [-0.25, -0.2) is 4.79 Å². The molecule has 26 heavy (non-hydrogen) atoms. The molecule has 10 heteroatoms. The maximum Gasteiger partial charge on any atom is 0.324 e. The molecule has 1 atom stereocenters. The first kappa shape index (κ1) is 19.0. The number of hydrogen-bond donors (Lipinski definition) is 1. The minimum absolute atomic E-state index is 0.201. The van der Waals surface area contributed by atoms with Crippen molar-refractivity contribution in [2.75, 3.05) is 20.2 Å². The highest BCUT2D eigenvalue weighted by Gasteiger charge is 2.30. The quantitative estimate of drug-likeness (QED) is 0.703. The molecule has 0 radical (unpaired) electrons. The summed E-state index contributed by atoms with van der Waals surface area (Å²) >= 11 is 4.39. The second kappa shape index (κ2) is 8.74. The van der Waals surface area contributed by atoms with Crippen molar-refractivity contribution in [3.8, 4) is 5.75 Å². The normalized spacial score (nSPS) is 15.0. The Hall–Kier alpha value is -1.78. The number of thioether (sulfide) groups is 2. The number of carbonyl (C=O) groups is 2. The number of amides is 3. The lowest BCUT2D eigenvalue weighted by molar-refractivity contribution is -0.126. The van der Waals surface area contributed by atoms with Crippen molar-refractivity contribution in [2.24, 2.45) is 0 Å². The van der Waals surface area contributed by atoms with Gasteiger partial charge >= 0.3 is 6.03 Å². The second-order valence-corrected chi connectivity index (χ2v) is 9.24. The molecule has 2 aromatic rings. The van der Waals surface area contributed by atoms with Crippen LogP contribution in [0.1, 0.15) is 12.5 Å². The van der Waals surface area contributed by atoms with Gasteiger partial charge in [-0.15, -0.1) is 10.2 Å². The first-order valence-corrected chi connectivity index (χ1v) is 10.6. The molecule has 1 aliphatic heterocycles. The third kappa shape index (κ3) is 4.68. The molecular weight excluding hydrogens is 392 g/mol. The van der Waals surface area contributed by atoms with Crippen LogP contribution in [0.25, 0.3) is 0 Å². The second-order valence-electron chi connectivity index (χ2n) is 5.45. The Morgan fingerprint density at radius 3 is 2.73 bits per heavy atom. The summed E-state index contributed by atoms with van der Waals surface area (Å²) in [7, 11) is 1.64. The van der Waals surface area contributed by atoms with E-state index in [2.05, 4.69) is 15.5 Å². The predicted octanol–water partition coefficient (Wildman–Crippen LogP) is 2.87. The molecule has 0 saturated carbocycles. The van der Waals surface area contributed by atoms with Crippen LogP contribution in [0, 0.1) is 0 Å². The Balaban J connectivity index is 1.52. The number of nitrogens with one attached hydrogen (secondary N) is 1. The summed E-state index contributed by atoms with van der Waals surface area (Å²) in [4.78, 5) is 25.1. The molecule has 2 heterocycles. The van der Waals surface area contributed by atoms with Gasteiger partial charge in [0.2, 0.25) is 5.91 Å². The minimum atomic E-state index is -0.383. The molecule has 1 saturated heterocycles. The van der Waals surface area contributed by atoms with E-state index in [9.17, 15) is 9.59 Å². The Kier molecular flexibility index (Phi) is 6.38. The van der Waals surface area contributed by atoms with Gasteiger partial charge < -0.3 is 10.1 Å². The SMILES string of the molecule is COc1ccc(CSc2nnc(S[C@@H](C)C(=O)N3CCNC3=O)s2)cc1. The van der Waals surface area contributed by atoms with Crippen molar-refractivity contribution < 1.29 is 14.3 Å². The molecular formula is C16H18N4O3S3. The van der Waals surface area contributed by atoms with Crippen molar-refractivity contribution in [2.45, 2.75) is 26.6 Å². The number of ether oxygens (including phenoxy) is 1. The van der Waals surface area contributed by atoms with E-state index < -0.39 is 0 Å². The van der Waals surface area contributed by atoms with Crippen molar-refractivity contribution in [1.29, 1.82) is 0 Å². The molecule has 1 N–H and O–H groups in total. The van der Waals surface area contributed by atoms with E-state index in [1.165, 1.54) is 33.6 Å². The molecule has 1 fully saturated rings. The highest BCUT2D eigenvalue weighted by Crippen LogP contribution is 2.33. The lowest BCUT2D eigenvalue weighted by Crippen LogP contribution is -2.38. The summed E-state index contributed by atoms with van der Waals surface area (Å²) < 4.78 is 6.72. The number of urea groups is 1. The zero-order chi connectivity index (χ0) is 18.5. The van der Waals surface area contributed by atoms with Crippen LogP contribution in [-0.4, -0.2) is 52.5 Å². The van der Waals surface area contributed by atoms with E-state index >= 15 is 0 Å². The first-order chi connectivity index (χ1) is 12.6. The van der Waals surface area contributed by atoms with Crippen molar-refractivity contribution in [3.05, 3.63) is 29.8 Å². The van der Waals surface area contributed by atoms with Crippen molar-refractivity contribution in [3.63, 3.8) is 0 Å². The maximum atomic E-state index is 12.3. The van der Waals surface area contributed by atoms with Crippen LogP contribution in [0.4, 0.5) is 4.79 Å². The van der Waals surface area contributed by atoms with E-state index in [4.69, 9.17) is 4.74 Å². The molecule has 1 aromatic carbocycles. The van der Waals surface area contributed by atoms with Gasteiger partial charge in [0.05, 0.1) is 12.4 Å². The first-order valence-electron chi connectivity index (χ1n) is 7.92. The summed E-state index contributed by atoms with van der Waals surface area (Å²) in [6.07, 6.45) is 0. The lowest BCUT2D eigenvalue weighted by atomic mass is 10.2. The van der Waals surface area contributed by atoms with Crippen LogP contribution in [0.2, 0.25) is 0 Å². The molecule has 3 rings (SSSR count). The minimum Gasteiger partial charge on any atom is -0.497 e. The number of carbonyl (C=O) groups excluding carboxylic acids is 2. The molecule has 0 aliphatic carbocycles. The fourth-order valence-electron chi connectivity index (χ4n) is 2.27. The fraction of sp³-hybridized carbons (Fsp3) is 0.375. The average Bonchev–Trinajstić information content (AvgIpc) is 3.28. The van der Waals surface area contributed by atoms with Gasteiger partial charge in [-0.1, -0.05) is 47.0 Å². The number of benzene rings is 1. The molecule has 1 aromatic heterocycles. The van der Waals surface area contributed by atoms with E-state index in [0.29, 0.717) is 13.1 Å². The summed E-state index contributed by atoms with van der Waals surface area (Å²) in [6, 6.07) is 7.57. The standard InChI is InChI=1S/C16H18N4O3S3/c1-10(13(21)20-8-7-17-14(20)22)25-16-19-18-15(26-16)24-9-11-3-5-12(23-2)6-4-11/h3-6,10H,7-9H2,1-2H3,(H,17,22)/t10-/m0/s1. The van der Waals surface area contributed by atoms with Gasteiger partial charge in [-0.2, -0.15) is 0 Å². The molecule has 3 amide bonds. The average molecular weight is 411 g/mol. The molecule has 0 unspecified atom stereocenters. The topological polar surface area (TPSA) is 84.4 Å². The fourth-order valence-corrected chi connectivity index (χ4v) is 5.46. The molecule has 0 spiro atoms. The number of imide groups is 1. The number of nitrogens with zero attached hydrogens (tertiary/aromatic N) is 3. The van der Waals surface area contributed by atoms with Gasteiger partial charge in [-0.05, 0) is 24.6 Å². The van der Waals surface area contributed by atoms with Gasteiger partial charge in [0.1, 0.15) is 5.75 Å². The monoisotopic (exact) mass is 410 g/mol. The highest BCUT2D eigenvalue weighted by atomic mass is 32.2. The number of rotatable bonds is 7. The Morgan fingerprint density at radius 1 is 1.35 bits per heavy atom. The zero-order valence-electron chi connectivity index (χ0n) is 14.3. The van der Waals surface area contributed by atoms with Crippen LogP contribution in [0.5, 0.6) is 5.75 Å². The molecule has 1 aliphatic rings. The largest absolute Gasteiger partial charge is 0.497 e. The summed E-state index contributed by atoms with van der Waals surface area (Å²) in [6.45, 7) is 2.71. The van der Waals surface area contributed by atoms with Crippen LogP contribution < -0.4 is 10.1 Å². The molecule has 138 valence electrons. The highest BCUT2D eigenvalue weighted by molar-refractivity contribution is 8.03. The van der Waals surface area contributed by atoms with Crippen LogP contribution in [-0.2, 0) is 10.5 Å². The van der Waals surface area contributed by atoms with Crippen molar-refractivity contribution in [1.82, 2.24) is 20.4 Å². The third-order valence-corrected chi connectivity index (χ3v) is 6.96. The summed E-state index contributed by atoms with van der Waals surface area (Å²) in [5.74, 6) is 1.41. The van der Waals surface area contributed by atoms with Crippen LogP contribution >= 0.6 is 34.9 Å². The Labute approximate surface area is 163 Å². The predicted molar refractivity (Wildman–Crippen MR) is 103 cm³/mol. The van der Waals surface area contributed by atoms with Gasteiger partial charge in [-0.3, -0.25) is 9.69 Å². The van der Waals surface area contributed by atoms with Crippen LogP contribution in [0.3, 0.4) is 0 Å². The molecule has 7 nitrogen and oxygen atoms in total. The van der Waals surface area contributed by atoms with Crippen molar-refractivity contribution >= 4 is 46.8 Å². The van der Waals surface area contributed by atoms with E-state index in [1.54, 1.807) is 25.8 Å². The van der Waals surface area contributed by atoms with E-state index in [1.807, 2.05) is 24.3 Å². The van der Waals surface area contributed by atoms with Gasteiger partial charge in [0, 0.05) is 18.8 Å². The summed E-state index contributed by atoms with van der Waals surface area (Å²) in [5.41, 5.74) is 1.17. The smallest absolute Gasteiger partial charge is 0.324 e. The lowest BCUT2D eigenvalue weighted by Gasteiger charge is -2.16. The Morgan fingerprint density at radius 2 is 2.08 bits per heavy atom. The maximum absolute atomic E-state index is 12.3. The molecule has 0 bridgehead atoms. The number of aromatic nitrogens is 2. The zero-order valence-corrected chi connectivity index (χ0v) is 16.7. The van der Waals surface area contributed by atoms with Gasteiger partial charge in [0.25, 0.3) is 0 Å². The van der Waals surface area contributed by atoms with E-state index in [0.717, 1.165) is 20.2 Å². The Bertz CT molecular complexity index is 781. The van der Waals surface area contributed by atoms with E-state index in [-0.39, 0.29) is 17.2 Å². The summed E-state index contributed by atoms with van der Waals surface area (Å²) in [5, 5.41) is 10.6. The van der Waals surface area contributed by atoms with Gasteiger partial charge in [0.15, 0.2) is 8.68 Å². The number of methoxy groups -OCH3 is 1.